The molecule has 0 aliphatic carbocycles. The van der Waals surface area contributed by atoms with Crippen LogP contribution in [0.25, 0.3) is 0 Å². The monoisotopic (exact) mass is 307 g/mol. The van der Waals surface area contributed by atoms with Crippen molar-refractivity contribution >= 4 is 15.9 Å². The molecule has 1 heterocycles. The van der Waals surface area contributed by atoms with E-state index in [2.05, 4.69) is 57.5 Å². The first-order chi connectivity index (χ1) is 8.68. The predicted octanol–water partition coefficient (Wildman–Crippen LogP) is 3.08. The molecule has 3 nitrogen and oxygen atoms in total. The van der Waals surface area contributed by atoms with Gasteiger partial charge in [0.15, 0.2) is 0 Å². The number of benzene rings is 1. The summed E-state index contributed by atoms with van der Waals surface area (Å²) >= 11 is 3.59. The van der Waals surface area contributed by atoms with Gasteiger partial charge in [0.2, 0.25) is 0 Å². The molecule has 96 valence electrons. The van der Waals surface area contributed by atoms with Crippen molar-refractivity contribution in [2.24, 2.45) is 7.05 Å². The number of nitrogens with one attached hydrogen (secondary N) is 1. The van der Waals surface area contributed by atoms with E-state index in [-0.39, 0.29) is 0 Å². The summed E-state index contributed by atoms with van der Waals surface area (Å²) in [5, 5.41) is 7.70. The molecule has 0 radical (unpaired) electrons. The SMILES string of the molecule is C[C@H](NCCc1ccnn1C)c1ccccc1Br. The van der Waals surface area contributed by atoms with Crippen LogP contribution in [0.3, 0.4) is 0 Å². The lowest BCUT2D eigenvalue weighted by molar-refractivity contribution is 0.562. The van der Waals surface area contributed by atoms with E-state index < -0.39 is 0 Å². The molecule has 0 aliphatic rings. The number of hydrogen-bond donors (Lipinski definition) is 1. The Kier molecular flexibility index (Phi) is 4.55. The van der Waals surface area contributed by atoms with E-state index in [1.807, 2.05) is 24.0 Å². The summed E-state index contributed by atoms with van der Waals surface area (Å²) in [4.78, 5) is 0. The van der Waals surface area contributed by atoms with Crippen LogP contribution in [0.15, 0.2) is 41.0 Å². The average molecular weight is 308 g/mol. The van der Waals surface area contributed by atoms with Crippen LogP contribution in [0.5, 0.6) is 0 Å². The number of aryl methyl sites for hydroxylation is 1. The molecule has 2 rings (SSSR count). The Labute approximate surface area is 116 Å². The van der Waals surface area contributed by atoms with Crippen LogP contribution in [0.2, 0.25) is 0 Å². The number of aromatic nitrogens is 2. The second kappa shape index (κ2) is 6.16. The van der Waals surface area contributed by atoms with Crippen LogP contribution in [0, 0.1) is 0 Å². The summed E-state index contributed by atoms with van der Waals surface area (Å²) in [6, 6.07) is 10.7. The molecule has 0 fully saturated rings. The third kappa shape index (κ3) is 3.21. The molecular formula is C14H18BrN3. The largest absolute Gasteiger partial charge is 0.310 e. The van der Waals surface area contributed by atoms with Gasteiger partial charge in [0.25, 0.3) is 0 Å². The first-order valence-corrected chi connectivity index (χ1v) is 6.92. The Hall–Kier alpha value is -1.13. The molecule has 2 aromatic rings. The maximum absolute atomic E-state index is 4.17. The number of rotatable bonds is 5. The lowest BCUT2D eigenvalue weighted by Gasteiger charge is -2.15. The zero-order valence-electron chi connectivity index (χ0n) is 10.7. The molecule has 4 heteroatoms. The maximum atomic E-state index is 4.17. The highest BCUT2D eigenvalue weighted by Gasteiger charge is 2.08. The van der Waals surface area contributed by atoms with Gasteiger partial charge in [0, 0.05) is 42.4 Å². The van der Waals surface area contributed by atoms with Gasteiger partial charge in [-0.05, 0) is 24.6 Å². The van der Waals surface area contributed by atoms with E-state index in [9.17, 15) is 0 Å². The van der Waals surface area contributed by atoms with Gasteiger partial charge in [0.05, 0.1) is 0 Å². The lowest BCUT2D eigenvalue weighted by Crippen LogP contribution is -2.22. The number of halogens is 1. The number of hydrogen-bond acceptors (Lipinski definition) is 2. The standard InChI is InChI=1S/C14H18BrN3/c1-11(13-5-3-4-6-14(13)15)16-9-7-12-8-10-17-18(12)2/h3-6,8,10-11,16H,7,9H2,1-2H3/t11-/m0/s1. The second-order valence-corrected chi connectivity index (χ2v) is 5.25. The molecule has 0 spiro atoms. The molecule has 0 saturated heterocycles. The predicted molar refractivity (Wildman–Crippen MR) is 77.5 cm³/mol. The average Bonchev–Trinajstić information content (AvgIpc) is 2.75. The van der Waals surface area contributed by atoms with Gasteiger partial charge in [-0.1, -0.05) is 34.1 Å². The van der Waals surface area contributed by atoms with E-state index in [1.165, 1.54) is 11.3 Å². The third-order valence-corrected chi connectivity index (χ3v) is 3.85. The van der Waals surface area contributed by atoms with E-state index >= 15 is 0 Å². The van der Waals surface area contributed by atoms with Crippen molar-refractivity contribution in [1.82, 2.24) is 15.1 Å². The van der Waals surface area contributed by atoms with Gasteiger partial charge < -0.3 is 5.32 Å². The van der Waals surface area contributed by atoms with Crippen molar-refractivity contribution in [3.8, 4) is 0 Å². The molecule has 0 unspecified atom stereocenters. The van der Waals surface area contributed by atoms with E-state index in [1.54, 1.807) is 0 Å². The van der Waals surface area contributed by atoms with Crippen molar-refractivity contribution in [3.63, 3.8) is 0 Å². The minimum Gasteiger partial charge on any atom is -0.310 e. The summed E-state index contributed by atoms with van der Waals surface area (Å²) in [6.07, 6.45) is 2.83. The van der Waals surface area contributed by atoms with Crippen molar-refractivity contribution in [3.05, 3.63) is 52.3 Å². The Bertz CT molecular complexity index is 507. The van der Waals surface area contributed by atoms with Crippen LogP contribution in [-0.2, 0) is 13.5 Å². The maximum Gasteiger partial charge on any atom is 0.0492 e. The van der Waals surface area contributed by atoms with Crippen molar-refractivity contribution < 1.29 is 0 Å². The summed E-state index contributed by atoms with van der Waals surface area (Å²) in [5.74, 6) is 0. The topological polar surface area (TPSA) is 29.9 Å². The fraction of sp³-hybridized carbons (Fsp3) is 0.357. The van der Waals surface area contributed by atoms with Crippen molar-refractivity contribution in [2.75, 3.05) is 6.54 Å². The quantitative estimate of drug-likeness (QED) is 0.920. The smallest absolute Gasteiger partial charge is 0.0492 e. The van der Waals surface area contributed by atoms with E-state index in [0.29, 0.717) is 6.04 Å². The molecule has 1 atom stereocenters. The number of nitrogens with zero attached hydrogens (tertiary/aromatic N) is 2. The molecule has 0 saturated carbocycles. The first-order valence-electron chi connectivity index (χ1n) is 6.13. The van der Waals surface area contributed by atoms with Gasteiger partial charge >= 0.3 is 0 Å². The minimum atomic E-state index is 0.341. The molecule has 0 bridgehead atoms. The highest BCUT2D eigenvalue weighted by atomic mass is 79.9. The Balaban J connectivity index is 1.87. The zero-order valence-corrected chi connectivity index (χ0v) is 12.3. The second-order valence-electron chi connectivity index (χ2n) is 4.39. The normalized spacial score (nSPS) is 12.6. The van der Waals surface area contributed by atoms with Gasteiger partial charge in [0.1, 0.15) is 0 Å². The Morgan fingerprint density at radius 1 is 1.33 bits per heavy atom. The molecule has 1 aromatic carbocycles. The molecule has 0 aliphatic heterocycles. The third-order valence-electron chi connectivity index (χ3n) is 3.13. The highest BCUT2D eigenvalue weighted by molar-refractivity contribution is 9.10. The Morgan fingerprint density at radius 2 is 2.11 bits per heavy atom. The van der Waals surface area contributed by atoms with E-state index in [4.69, 9.17) is 0 Å². The van der Waals surface area contributed by atoms with Gasteiger partial charge in [-0.2, -0.15) is 5.10 Å². The highest BCUT2D eigenvalue weighted by Crippen LogP contribution is 2.22. The zero-order chi connectivity index (χ0) is 13.0. The Morgan fingerprint density at radius 3 is 2.78 bits per heavy atom. The summed E-state index contributed by atoms with van der Waals surface area (Å²) in [7, 11) is 1.98. The van der Waals surface area contributed by atoms with Gasteiger partial charge in [-0.25, -0.2) is 0 Å². The van der Waals surface area contributed by atoms with Crippen LogP contribution >= 0.6 is 15.9 Å². The molecule has 18 heavy (non-hydrogen) atoms. The van der Waals surface area contributed by atoms with Crippen molar-refractivity contribution in [2.45, 2.75) is 19.4 Å². The van der Waals surface area contributed by atoms with Gasteiger partial charge in [-0.3, -0.25) is 4.68 Å². The van der Waals surface area contributed by atoms with E-state index in [0.717, 1.165) is 17.4 Å². The van der Waals surface area contributed by atoms with Gasteiger partial charge in [-0.15, -0.1) is 0 Å². The lowest BCUT2D eigenvalue weighted by atomic mass is 10.1. The summed E-state index contributed by atoms with van der Waals surface area (Å²) in [6.45, 7) is 3.13. The van der Waals surface area contributed by atoms with Crippen LogP contribution in [0.4, 0.5) is 0 Å². The first kappa shape index (κ1) is 13.3. The summed E-state index contributed by atoms with van der Waals surface area (Å²) in [5.41, 5.74) is 2.55. The minimum absolute atomic E-state index is 0.341. The molecule has 0 amide bonds. The van der Waals surface area contributed by atoms with Crippen LogP contribution < -0.4 is 5.32 Å². The molecule has 1 N–H and O–H groups in total. The van der Waals surface area contributed by atoms with Crippen LogP contribution in [0.1, 0.15) is 24.2 Å². The van der Waals surface area contributed by atoms with Crippen molar-refractivity contribution in [1.29, 1.82) is 0 Å². The molecule has 1 aromatic heterocycles. The fourth-order valence-corrected chi connectivity index (χ4v) is 2.63. The fourth-order valence-electron chi connectivity index (χ4n) is 2.00. The van der Waals surface area contributed by atoms with Crippen LogP contribution in [-0.4, -0.2) is 16.3 Å². The molecular weight excluding hydrogens is 290 g/mol. The summed E-state index contributed by atoms with van der Waals surface area (Å²) < 4.78 is 3.08.